The number of benzene rings is 1. The predicted octanol–water partition coefficient (Wildman–Crippen LogP) is 2.14. The number of halogens is 1. The van der Waals surface area contributed by atoms with E-state index in [0.29, 0.717) is 4.99 Å². The van der Waals surface area contributed by atoms with Crippen LogP contribution in [0.25, 0.3) is 0 Å². The summed E-state index contributed by atoms with van der Waals surface area (Å²) < 4.78 is 0. The van der Waals surface area contributed by atoms with Crippen LogP contribution in [-0.2, 0) is 0 Å². The van der Waals surface area contributed by atoms with E-state index >= 15 is 0 Å². The third kappa shape index (κ3) is 3.13. The van der Waals surface area contributed by atoms with Gasteiger partial charge in [0.05, 0.1) is 11.0 Å². The van der Waals surface area contributed by atoms with Crippen molar-refractivity contribution in [2.24, 2.45) is 5.73 Å². The molecule has 0 bridgehead atoms. The third-order valence-electron chi connectivity index (χ3n) is 3.45. The minimum atomic E-state index is 0.182. The molecule has 1 atom stereocenters. The zero-order valence-electron chi connectivity index (χ0n) is 10.5. The monoisotopic (exact) mass is 283 g/mol. The Bertz CT molecular complexity index is 430. The van der Waals surface area contributed by atoms with E-state index in [-0.39, 0.29) is 6.04 Å². The minimum Gasteiger partial charge on any atom is -0.392 e. The van der Waals surface area contributed by atoms with Crippen molar-refractivity contribution in [2.75, 3.05) is 31.1 Å². The van der Waals surface area contributed by atoms with Crippen LogP contribution in [-0.4, -0.2) is 42.1 Å². The summed E-state index contributed by atoms with van der Waals surface area (Å²) in [5, 5.41) is 0.784. The van der Waals surface area contributed by atoms with Gasteiger partial charge < -0.3 is 10.6 Å². The van der Waals surface area contributed by atoms with E-state index in [1.54, 1.807) is 0 Å². The van der Waals surface area contributed by atoms with Crippen LogP contribution in [0.4, 0.5) is 5.69 Å². The summed E-state index contributed by atoms with van der Waals surface area (Å²) in [6.45, 7) is 5.98. The van der Waals surface area contributed by atoms with Gasteiger partial charge in [0.25, 0.3) is 0 Å². The highest BCUT2D eigenvalue weighted by Crippen LogP contribution is 2.21. The van der Waals surface area contributed by atoms with Crippen molar-refractivity contribution in [2.45, 2.75) is 13.0 Å². The second-order valence-corrected chi connectivity index (χ2v) is 5.49. The maximum Gasteiger partial charge on any atom is 0.0899 e. The summed E-state index contributed by atoms with van der Waals surface area (Å²) >= 11 is 11.1. The van der Waals surface area contributed by atoms with E-state index in [4.69, 9.17) is 29.6 Å². The summed E-state index contributed by atoms with van der Waals surface area (Å²) in [7, 11) is 0. The SMILES string of the molecule is CC(C(N)=S)N1CCN(c2cccc(Cl)c2)CC1. The lowest BCUT2D eigenvalue weighted by molar-refractivity contribution is 0.239. The average Bonchev–Trinajstić information content (AvgIpc) is 2.38. The van der Waals surface area contributed by atoms with Crippen LogP contribution in [0.3, 0.4) is 0 Å². The molecule has 0 aromatic heterocycles. The lowest BCUT2D eigenvalue weighted by Gasteiger charge is -2.38. The number of rotatable bonds is 3. The number of piperazine rings is 1. The Kier molecular flexibility index (Phi) is 4.43. The molecule has 0 amide bonds. The first-order valence-electron chi connectivity index (χ1n) is 6.12. The highest BCUT2D eigenvalue weighted by molar-refractivity contribution is 7.80. The quantitative estimate of drug-likeness (QED) is 0.862. The molecular formula is C13H18ClN3S. The second-order valence-electron chi connectivity index (χ2n) is 4.58. The van der Waals surface area contributed by atoms with Crippen LogP contribution >= 0.6 is 23.8 Å². The standard InChI is InChI=1S/C13H18ClN3S/c1-10(13(15)18)16-5-7-17(8-6-16)12-4-2-3-11(14)9-12/h2-4,9-10H,5-8H2,1H3,(H2,15,18). The molecule has 2 rings (SSSR count). The molecule has 1 heterocycles. The van der Waals surface area contributed by atoms with Crippen molar-refractivity contribution in [3.63, 3.8) is 0 Å². The van der Waals surface area contributed by atoms with E-state index in [9.17, 15) is 0 Å². The van der Waals surface area contributed by atoms with E-state index < -0.39 is 0 Å². The fourth-order valence-electron chi connectivity index (χ4n) is 2.22. The van der Waals surface area contributed by atoms with Gasteiger partial charge in [-0.3, -0.25) is 4.90 Å². The molecule has 0 radical (unpaired) electrons. The zero-order chi connectivity index (χ0) is 13.1. The second kappa shape index (κ2) is 5.87. The fourth-order valence-corrected chi connectivity index (χ4v) is 2.55. The Labute approximate surface area is 119 Å². The van der Waals surface area contributed by atoms with Crippen LogP contribution in [0, 0.1) is 0 Å². The van der Waals surface area contributed by atoms with Crippen molar-refractivity contribution < 1.29 is 0 Å². The normalized spacial score (nSPS) is 18.7. The zero-order valence-corrected chi connectivity index (χ0v) is 12.0. The van der Waals surface area contributed by atoms with E-state index in [2.05, 4.69) is 22.8 Å². The van der Waals surface area contributed by atoms with Crippen molar-refractivity contribution >= 4 is 34.5 Å². The smallest absolute Gasteiger partial charge is 0.0899 e. The molecule has 98 valence electrons. The lowest BCUT2D eigenvalue weighted by atomic mass is 10.2. The van der Waals surface area contributed by atoms with Gasteiger partial charge in [-0.2, -0.15) is 0 Å². The molecule has 0 aliphatic carbocycles. The molecule has 0 saturated carbocycles. The van der Waals surface area contributed by atoms with E-state index in [0.717, 1.165) is 31.2 Å². The Balaban J connectivity index is 1.96. The molecule has 5 heteroatoms. The number of anilines is 1. The number of nitrogens with two attached hydrogens (primary N) is 1. The summed E-state index contributed by atoms with van der Waals surface area (Å²) in [5.74, 6) is 0. The summed E-state index contributed by atoms with van der Waals surface area (Å²) in [5.41, 5.74) is 6.88. The van der Waals surface area contributed by atoms with Crippen LogP contribution < -0.4 is 10.6 Å². The highest BCUT2D eigenvalue weighted by atomic mass is 35.5. The van der Waals surface area contributed by atoms with Gasteiger partial charge in [-0.25, -0.2) is 0 Å². The van der Waals surface area contributed by atoms with Gasteiger partial charge >= 0.3 is 0 Å². The van der Waals surface area contributed by atoms with E-state index in [1.807, 2.05) is 18.2 Å². The number of hydrogen-bond donors (Lipinski definition) is 1. The van der Waals surface area contributed by atoms with Crippen molar-refractivity contribution in [1.29, 1.82) is 0 Å². The first-order chi connectivity index (χ1) is 8.58. The minimum absolute atomic E-state index is 0.182. The number of hydrogen-bond acceptors (Lipinski definition) is 3. The molecule has 3 nitrogen and oxygen atoms in total. The van der Waals surface area contributed by atoms with Gasteiger partial charge in [-0.1, -0.05) is 29.9 Å². The molecule has 2 N–H and O–H groups in total. The van der Waals surface area contributed by atoms with Crippen molar-refractivity contribution in [3.05, 3.63) is 29.3 Å². The Morgan fingerprint density at radius 3 is 2.56 bits per heavy atom. The van der Waals surface area contributed by atoms with Crippen LogP contribution in [0.5, 0.6) is 0 Å². The third-order valence-corrected chi connectivity index (χ3v) is 4.02. The first kappa shape index (κ1) is 13.6. The number of thiocarbonyl (C=S) groups is 1. The van der Waals surface area contributed by atoms with Crippen LogP contribution in [0.2, 0.25) is 5.02 Å². The largest absolute Gasteiger partial charge is 0.392 e. The van der Waals surface area contributed by atoms with Gasteiger partial charge in [-0.05, 0) is 25.1 Å². The fraction of sp³-hybridized carbons (Fsp3) is 0.462. The maximum atomic E-state index is 6.01. The van der Waals surface area contributed by atoms with Crippen molar-refractivity contribution in [1.82, 2.24) is 4.90 Å². The summed E-state index contributed by atoms with van der Waals surface area (Å²) in [6, 6.07) is 8.17. The molecule has 1 fully saturated rings. The first-order valence-corrected chi connectivity index (χ1v) is 6.90. The Morgan fingerprint density at radius 2 is 2.00 bits per heavy atom. The van der Waals surface area contributed by atoms with Gasteiger partial charge in [0.2, 0.25) is 0 Å². The maximum absolute atomic E-state index is 6.01. The molecule has 1 saturated heterocycles. The van der Waals surface area contributed by atoms with Crippen LogP contribution in [0.15, 0.2) is 24.3 Å². The van der Waals surface area contributed by atoms with Gasteiger partial charge in [0.1, 0.15) is 0 Å². The predicted molar refractivity (Wildman–Crippen MR) is 81.5 cm³/mol. The molecule has 18 heavy (non-hydrogen) atoms. The average molecular weight is 284 g/mol. The van der Waals surface area contributed by atoms with Gasteiger partial charge in [0, 0.05) is 36.9 Å². The molecule has 1 aliphatic heterocycles. The van der Waals surface area contributed by atoms with E-state index in [1.165, 1.54) is 5.69 Å². The highest BCUT2D eigenvalue weighted by Gasteiger charge is 2.22. The Hall–Kier alpha value is -0.840. The molecule has 1 aromatic rings. The lowest BCUT2D eigenvalue weighted by Crippen LogP contribution is -2.52. The van der Waals surface area contributed by atoms with Gasteiger partial charge in [-0.15, -0.1) is 0 Å². The van der Waals surface area contributed by atoms with Crippen molar-refractivity contribution in [3.8, 4) is 0 Å². The molecule has 1 aromatic carbocycles. The van der Waals surface area contributed by atoms with Gasteiger partial charge in [0.15, 0.2) is 0 Å². The molecule has 1 unspecified atom stereocenters. The summed E-state index contributed by atoms with van der Waals surface area (Å²) in [6.07, 6.45) is 0. The molecule has 1 aliphatic rings. The molecule has 0 spiro atoms. The molecular weight excluding hydrogens is 266 g/mol. The number of nitrogens with zero attached hydrogens (tertiary/aromatic N) is 2. The summed E-state index contributed by atoms with van der Waals surface area (Å²) in [4.78, 5) is 5.24. The Morgan fingerprint density at radius 1 is 1.33 bits per heavy atom. The topological polar surface area (TPSA) is 32.5 Å². The van der Waals surface area contributed by atoms with Crippen LogP contribution in [0.1, 0.15) is 6.92 Å².